The van der Waals surface area contributed by atoms with Gasteiger partial charge in [-0.1, -0.05) is 19.3 Å². The molecule has 0 aromatic heterocycles. The number of benzene rings is 1. The van der Waals surface area contributed by atoms with Gasteiger partial charge in [-0.3, -0.25) is 9.59 Å². The van der Waals surface area contributed by atoms with Crippen LogP contribution in [0, 0.1) is 5.82 Å². The van der Waals surface area contributed by atoms with Gasteiger partial charge in [-0.25, -0.2) is 4.39 Å². The number of carbonyl (C=O) groups excluding carboxylic acids is 2. The third-order valence-corrected chi connectivity index (χ3v) is 5.22. The maximum absolute atomic E-state index is 13.0. The molecule has 1 aromatic rings. The van der Waals surface area contributed by atoms with Gasteiger partial charge in [0.1, 0.15) is 12.4 Å². The van der Waals surface area contributed by atoms with Gasteiger partial charge in [0.2, 0.25) is 5.91 Å². The molecule has 0 spiro atoms. The Kier molecular flexibility index (Phi) is 6.61. The van der Waals surface area contributed by atoms with E-state index in [1.165, 1.54) is 43.5 Å². The molecule has 0 unspecified atom stereocenters. The Morgan fingerprint density at radius 3 is 2.31 bits per heavy atom. The Balaban J connectivity index is 1.48. The van der Waals surface area contributed by atoms with Crippen molar-refractivity contribution in [1.82, 2.24) is 9.80 Å². The SMILES string of the molecule is O=C(COC1CCCCC1)N1CCCN(C(=O)c2ccc(F)cc2)CC1. The Morgan fingerprint density at radius 2 is 1.58 bits per heavy atom. The first-order valence-electron chi connectivity index (χ1n) is 9.58. The highest BCUT2D eigenvalue weighted by Gasteiger charge is 2.24. The van der Waals surface area contributed by atoms with Crippen molar-refractivity contribution in [2.24, 2.45) is 0 Å². The number of rotatable bonds is 4. The monoisotopic (exact) mass is 362 g/mol. The predicted octanol–water partition coefficient (Wildman–Crippen LogP) is 2.85. The number of carbonyl (C=O) groups is 2. The fourth-order valence-electron chi connectivity index (χ4n) is 3.66. The minimum atomic E-state index is -0.354. The third-order valence-electron chi connectivity index (χ3n) is 5.22. The zero-order valence-corrected chi connectivity index (χ0v) is 15.2. The van der Waals surface area contributed by atoms with Crippen LogP contribution in [-0.4, -0.2) is 60.5 Å². The van der Waals surface area contributed by atoms with Gasteiger partial charge in [0.25, 0.3) is 5.91 Å². The number of ether oxygens (including phenoxy) is 1. The average Bonchev–Trinajstić information content (AvgIpc) is 2.93. The smallest absolute Gasteiger partial charge is 0.253 e. The summed E-state index contributed by atoms with van der Waals surface area (Å²) in [4.78, 5) is 28.5. The maximum atomic E-state index is 13.0. The fourth-order valence-corrected chi connectivity index (χ4v) is 3.66. The number of halogens is 1. The summed E-state index contributed by atoms with van der Waals surface area (Å²) < 4.78 is 18.8. The van der Waals surface area contributed by atoms with Gasteiger partial charge >= 0.3 is 0 Å². The van der Waals surface area contributed by atoms with E-state index in [4.69, 9.17) is 4.74 Å². The lowest BCUT2D eigenvalue weighted by Crippen LogP contribution is -2.39. The molecule has 1 aliphatic carbocycles. The zero-order chi connectivity index (χ0) is 18.4. The Bertz CT molecular complexity index is 614. The summed E-state index contributed by atoms with van der Waals surface area (Å²) in [6.07, 6.45) is 6.68. The molecule has 5 nitrogen and oxygen atoms in total. The van der Waals surface area contributed by atoms with E-state index in [0.29, 0.717) is 31.7 Å². The minimum absolute atomic E-state index is 0.00616. The number of amides is 2. The van der Waals surface area contributed by atoms with Crippen LogP contribution < -0.4 is 0 Å². The lowest BCUT2D eigenvalue weighted by atomic mass is 9.98. The first-order valence-corrected chi connectivity index (χ1v) is 9.58. The van der Waals surface area contributed by atoms with Crippen molar-refractivity contribution in [3.63, 3.8) is 0 Å². The van der Waals surface area contributed by atoms with E-state index in [1.54, 1.807) is 9.80 Å². The van der Waals surface area contributed by atoms with E-state index in [2.05, 4.69) is 0 Å². The molecular formula is C20H27FN2O3. The van der Waals surface area contributed by atoms with Gasteiger partial charge in [-0.15, -0.1) is 0 Å². The quantitative estimate of drug-likeness (QED) is 0.828. The molecule has 1 saturated carbocycles. The summed E-state index contributed by atoms with van der Waals surface area (Å²) in [5.74, 6) is -0.462. The lowest BCUT2D eigenvalue weighted by Gasteiger charge is -2.25. The van der Waals surface area contributed by atoms with Crippen LogP contribution in [0.1, 0.15) is 48.9 Å². The summed E-state index contributed by atoms with van der Waals surface area (Å²) in [5, 5.41) is 0. The third kappa shape index (κ3) is 5.04. The molecule has 1 saturated heterocycles. The highest BCUT2D eigenvalue weighted by atomic mass is 19.1. The predicted molar refractivity (Wildman–Crippen MR) is 96.3 cm³/mol. The van der Waals surface area contributed by atoms with E-state index >= 15 is 0 Å². The molecule has 6 heteroatoms. The second kappa shape index (κ2) is 9.12. The fraction of sp³-hybridized carbons (Fsp3) is 0.600. The van der Waals surface area contributed by atoms with Crippen molar-refractivity contribution in [1.29, 1.82) is 0 Å². The second-order valence-electron chi connectivity index (χ2n) is 7.10. The van der Waals surface area contributed by atoms with Crippen molar-refractivity contribution in [3.05, 3.63) is 35.6 Å². The molecule has 2 aliphatic rings. The summed E-state index contributed by atoms with van der Waals surface area (Å²) >= 11 is 0. The molecule has 1 aliphatic heterocycles. The number of hydrogen-bond donors (Lipinski definition) is 0. The number of nitrogens with zero attached hydrogens (tertiary/aromatic N) is 2. The van der Waals surface area contributed by atoms with Gasteiger partial charge in [0.15, 0.2) is 0 Å². The standard InChI is InChI=1S/C20H27FN2O3/c21-17-9-7-16(8-10-17)20(25)23-12-4-11-22(13-14-23)19(24)15-26-18-5-2-1-3-6-18/h7-10,18H,1-6,11-15H2. The molecule has 142 valence electrons. The van der Waals surface area contributed by atoms with Crippen molar-refractivity contribution in [2.45, 2.75) is 44.6 Å². The molecule has 3 rings (SSSR count). The largest absolute Gasteiger partial charge is 0.368 e. The Hall–Kier alpha value is -1.95. The highest BCUT2D eigenvalue weighted by Crippen LogP contribution is 2.20. The van der Waals surface area contributed by atoms with Crippen LogP contribution in [0.25, 0.3) is 0 Å². The maximum Gasteiger partial charge on any atom is 0.253 e. The summed E-state index contributed by atoms with van der Waals surface area (Å²) in [6.45, 7) is 2.38. The van der Waals surface area contributed by atoms with E-state index in [9.17, 15) is 14.0 Å². The van der Waals surface area contributed by atoms with E-state index in [-0.39, 0.29) is 30.3 Å². The normalized spacial score (nSPS) is 19.3. The summed E-state index contributed by atoms with van der Waals surface area (Å²) in [5.41, 5.74) is 0.479. The first kappa shape index (κ1) is 18.8. The molecule has 0 bridgehead atoms. The first-order chi connectivity index (χ1) is 12.6. The summed E-state index contributed by atoms with van der Waals surface area (Å²) in [6, 6.07) is 5.60. The van der Waals surface area contributed by atoms with Crippen molar-refractivity contribution >= 4 is 11.8 Å². The van der Waals surface area contributed by atoms with Gasteiger partial charge in [0, 0.05) is 31.7 Å². The topological polar surface area (TPSA) is 49.9 Å². The van der Waals surface area contributed by atoms with Gasteiger partial charge < -0.3 is 14.5 Å². The van der Waals surface area contributed by atoms with Crippen LogP contribution >= 0.6 is 0 Å². The Morgan fingerprint density at radius 1 is 0.923 bits per heavy atom. The molecule has 26 heavy (non-hydrogen) atoms. The van der Waals surface area contributed by atoms with Crippen LogP contribution in [0.4, 0.5) is 4.39 Å². The highest BCUT2D eigenvalue weighted by molar-refractivity contribution is 5.94. The van der Waals surface area contributed by atoms with E-state index < -0.39 is 0 Å². The lowest BCUT2D eigenvalue weighted by molar-refractivity contribution is -0.138. The van der Waals surface area contributed by atoms with Gasteiger partial charge in [-0.2, -0.15) is 0 Å². The van der Waals surface area contributed by atoms with Crippen LogP contribution in [0.15, 0.2) is 24.3 Å². The molecule has 0 radical (unpaired) electrons. The second-order valence-corrected chi connectivity index (χ2v) is 7.10. The van der Waals surface area contributed by atoms with Crippen molar-refractivity contribution < 1.29 is 18.7 Å². The van der Waals surface area contributed by atoms with Gasteiger partial charge in [0.05, 0.1) is 6.10 Å². The van der Waals surface area contributed by atoms with E-state index in [1.807, 2.05) is 0 Å². The minimum Gasteiger partial charge on any atom is -0.368 e. The van der Waals surface area contributed by atoms with Gasteiger partial charge in [-0.05, 0) is 43.5 Å². The molecule has 1 heterocycles. The van der Waals surface area contributed by atoms with Crippen molar-refractivity contribution in [2.75, 3.05) is 32.8 Å². The van der Waals surface area contributed by atoms with E-state index in [0.717, 1.165) is 19.3 Å². The van der Waals surface area contributed by atoms with Crippen LogP contribution in [0.5, 0.6) is 0 Å². The molecular weight excluding hydrogens is 335 g/mol. The molecule has 2 amide bonds. The Labute approximate surface area is 154 Å². The molecule has 0 N–H and O–H groups in total. The van der Waals surface area contributed by atoms with Crippen LogP contribution in [-0.2, 0) is 9.53 Å². The van der Waals surface area contributed by atoms with Crippen LogP contribution in [0.3, 0.4) is 0 Å². The molecule has 0 atom stereocenters. The summed E-state index contributed by atoms with van der Waals surface area (Å²) in [7, 11) is 0. The molecule has 1 aromatic carbocycles. The molecule has 2 fully saturated rings. The average molecular weight is 362 g/mol. The van der Waals surface area contributed by atoms with Crippen LogP contribution in [0.2, 0.25) is 0 Å². The zero-order valence-electron chi connectivity index (χ0n) is 15.2. The van der Waals surface area contributed by atoms with Crippen molar-refractivity contribution in [3.8, 4) is 0 Å². The number of hydrogen-bond acceptors (Lipinski definition) is 3.